The summed E-state index contributed by atoms with van der Waals surface area (Å²) >= 11 is 0. The number of carboxylic acids is 1. The molecule has 0 spiro atoms. The van der Waals surface area contributed by atoms with Gasteiger partial charge in [-0.05, 0) is 18.4 Å². The van der Waals surface area contributed by atoms with Crippen molar-refractivity contribution < 1.29 is 19.5 Å². The molecule has 0 aliphatic rings. The second-order valence-electron chi connectivity index (χ2n) is 6.04. The van der Waals surface area contributed by atoms with E-state index in [1.54, 1.807) is 0 Å². The highest BCUT2D eigenvalue weighted by Crippen LogP contribution is 2.04. The van der Waals surface area contributed by atoms with Gasteiger partial charge in [-0.3, -0.25) is 19.8 Å². The summed E-state index contributed by atoms with van der Waals surface area (Å²) in [5.74, 6) is -1.94. The number of rotatable bonds is 12. The van der Waals surface area contributed by atoms with E-state index in [0.29, 0.717) is 25.9 Å². The predicted molar refractivity (Wildman–Crippen MR) is 101 cm³/mol. The van der Waals surface area contributed by atoms with Crippen molar-refractivity contribution in [1.82, 2.24) is 16.0 Å². The summed E-state index contributed by atoms with van der Waals surface area (Å²) in [6.45, 7) is 0.972. The van der Waals surface area contributed by atoms with E-state index in [9.17, 15) is 14.4 Å². The smallest absolute Gasteiger partial charge is 0.303 e. The molecule has 2 amide bonds. The highest BCUT2D eigenvalue weighted by atomic mass is 16.4. The first-order valence-electron chi connectivity index (χ1n) is 8.79. The normalized spacial score (nSPS) is 11.3. The van der Waals surface area contributed by atoms with Crippen LogP contribution in [0.2, 0.25) is 0 Å². The number of carboxylic acid groups (broad SMARTS) is 1. The summed E-state index contributed by atoms with van der Waals surface area (Å²) < 4.78 is 0. The van der Waals surface area contributed by atoms with Gasteiger partial charge in [-0.25, -0.2) is 0 Å². The number of carbonyl (C=O) groups excluding carboxylic acids is 2. The molecule has 0 saturated carbocycles. The number of hydrogen-bond acceptors (Lipinski definition) is 4. The average molecular weight is 377 g/mol. The largest absolute Gasteiger partial charge is 0.481 e. The highest BCUT2D eigenvalue weighted by Gasteiger charge is 2.21. The zero-order valence-electron chi connectivity index (χ0n) is 15.2. The number of carbonyl (C=O) groups is 3. The summed E-state index contributed by atoms with van der Waals surface area (Å²) in [5.41, 5.74) is 6.07. The molecule has 1 rings (SSSR count). The third-order valence-corrected chi connectivity index (χ3v) is 3.72. The lowest BCUT2D eigenvalue weighted by Gasteiger charge is -2.18. The van der Waals surface area contributed by atoms with Crippen LogP contribution in [0.5, 0.6) is 0 Å². The zero-order valence-corrected chi connectivity index (χ0v) is 15.2. The van der Waals surface area contributed by atoms with Gasteiger partial charge < -0.3 is 26.8 Å². The summed E-state index contributed by atoms with van der Waals surface area (Å²) in [6, 6.07) is 8.49. The Morgan fingerprint density at radius 3 is 2.26 bits per heavy atom. The number of guanidine groups is 1. The van der Waals surface area contributed by atoms with Crippen molar-refractivity contribution in [3.63, 3.8) is 0 Å². The van der Waals surface area contributed by atoms with Crippen molar-refractivity contribution in [3.05, 3.63) is 35.9 Å². The van der Waals surface area contributed by atoms with Crippen molar-refractivity contribution >= 4 is 23.7 Å². The van der Waals surface area contributed by atoms with Gasteiger partial charge in [0.2, 0.25) is 11.8 Å². The van der Waals surface area contributed by atoms with Crippen molar-refractivity contribution in [1.29, 1.82) is 5.41 Å². The summed E-state index contributed by atoms with van der Waals surface area (Å²) in [5, 5.41) is 23.8. The van der Waals surface area contributed by atoms with Crippen molar-refractivity contribution in [2.75, 3.05) is 13.1 Å². The molecule has 0 aliphatic heterocycles. The quantitative estimate of drug-likeness (QED) is 0.170. The molecule has 0 heterocycles. The van der Waals surface area contributed by atoms with E-state index >= 15 is 0 Å². The fraction of sp³-hybridized carbons (Fsp3) is 0.444. The molecule has 148 valence electrons. The molecule has 1 aromatic carbocycles. The van der Waals surface area contributed by atoms with E-state index in [-0.39, 0.29) is 24.7 Å². The van der Waals surface area contributed by atoms with Gasteiger partial charge in [-0.1, -0.05) is 30.3 Å². The fourth-order valence-electron chi connectivity index (χ4n) is 2.35. The predicted octanol–water partition coefficient (Wildman–Crippen LogP) is -0.0418. The molecule has 0 unspecified atom stereocenters. The molecule has 27 heavy (non-hydrogen) atoms. The highest BCUT2D eigenvalue weighted by molar-refractivity contribution is 5.88. The van der Waals surface area contributed by atoms with Crippen LogP contribution in [0.25, 0.3) is 0 Å². The second-order valence-corrected chi connectivity index (χ2v) is 6.04. The summed E-state index contributed by atoms with van der Waals surface area (Å²) in [4.78, 5) is 35.0. The Bertz CT molecular complexity index is 636. The molecule has 0 radical (unpaired) electrons. The lowest BCUT2D eigenvalue weighted by atomic mass is 10.0. The van der Waals surface area contributed by atoms with E-state index in [1.165, 1.54) is 0 Å². The Morgan fingerprint density at radius 2 is 1.67 bits per heavy atom. The first-order chi connectivity index (χ1) is 12.9. The average Bonchev–Trinajstić information content (AvgIpc) is 2.62. The monoisotopic (exact) mass is 377 g/mol. The van der Waals surface area contributed by atoms with Crippen LogP contribution in [0, 0.1) is 5.41 Å². The molecule has 0 aliphatic carbocycles. The van der Waals surface area contributed by atoms with E-state index in [0.717, 1.165) is 12.0 Å². The number of aliphatic carboxylic acids is 1. The van der Waals surface area contributed by atoms with Crippen LogP contribution in [-0.2, 0) is 20.8 Å². The maximum atomic E-state index is 12.5. The number of amides is 2. The van der Waals surface area contributed by atoms with Crippen molar-refractivity contribution in [2.45, 2.75) is 38.1 Å². The van der Waals surface area contributed by atoms with Gasteiger partial charge in [0.15, 0.2) is 5.96 Å². The van der Waals surface area contributed by atoms with E-state index in [2.05, 4.69) is 16.0 Å². The first-order valence-corrected chi connectivity index (χ1v) is 8.79. The minimum atomic E-state index is -1.06. The van der Waals surface area contributed by atoms with Crippen LogP contribution in [0.4, 0.5) is 0 Å². The molecule has 0 saturated heterocycles. The molecule has 9 heteroatoms. The van der Waals surface area contributed by atoms with Gasteiger partial charge in [-0.2, -0.15) is 0 Å². The van der Waals surface area contributed by atoms with Crippen molar-refractivity contribution in [2.24, 2.45) is 5.73 Å². The lowest BCUT2D eigenvalue weighted by molar-refractivity contribution is -0.139. The third kappa shape index (κ3) is 10.5. The Labute approximate surface area is 158 Å². The molecule has 0 fully saturated rings. The summed E-state index contributed by atoms with van der Waals surface area (Å²) in [6.07, 6.45) is 1.28. The van der Waals surface area contributed by atoms with Crippen LogP contribution < -0.4 is 21.7 Å². The first kappa shape index (κ1) is 21.9. The summed E-state index contributed by atoms with van der Waals surface area (Å²) in [7, 11) is 0. The number of nitrogens with one attached hydrogen (secondary N) is 4. The molecule has 0 aromatic heterocycles. The molecule has 7 N–H and O–H groups in total. The molecular weight excluding hydrogens is 350 g/mol. The number of nitrogens with two attached hydrogens (primary N) is 1. The number of unbranched alkanes of at least 4 members (excludes halogenated alkanes) is 1. The van der Waals surface area contributed by atoms with Gasteiger partial charge in [0.05, 0.1) is 6.42 Å². The standard InChI is InChI=1S/C18H27N5O4/c19-18(20)22-11-5-4-10-21-17(27)14(12-13-6-2-1-3-7-13)23-15(24)8-9-16(25)26/h1-3,6-7,14H,4-5,8-12H2,(H,21,27)(H,23,24)(H,25,26)(H4,19,20,22)/t14-/m1/s1. The fourth-order valence-corrected chi connectivity index (χ4v) is 2.35. The molecule has 1 atom stereocenters. The molecule has 9 nitrogen and oxygen atoms in total. The lowest BCUT2D eigenvalue weighted by Crippen LogP contribution is -2.48. The van der Waals surface area contributed by atoms with Crippen LogP contribution in [0.3, 0.4) is 0 Å². The van der Waals surface area contributed by atoms with Gasteiger partial charge >= 0.3 is 5.97 Å². The molecule has 1 aromatic rings. The topological polar surface area (TPSA) is 157 Å². The van der Waals surface area contributed by atoms with Crippen LogP contribution in [0.1, 0.15) is 31.2 Å². The number of benzene rings is 1. The van der Waals surface area contributed by atoms with Crippen LogP contribution in [0.15, 0.2) is 30.3 Å². The minimum Gasteiger partial charge on any atom is -0.481 e. The minimum absolute atomic E-state index is 0.0916. The SMILES string of the molecule is N=C(N)NCCCCNC(=O)[C@@H](Cc1ccccc1)NC(=O)CCC(=O)O. The van der Waals surface area contributed by atoms with Gasteiger partial charge in [0.25, 0.3) is 0 Å². The van der Waals surface area contributed by atoms with E-state index < -0.39 is 17.9 Å². The van der Waals surface area contributed by atoms with Gasteiger partial charge in [0.1, 0.15) is 6.04 Å². The Morgan fingerprint density at radius 1 is 1.04 bits per heavy atom. The van der Waals surface area contributed by atoms with Crippen LogP contribution in [-0.4, -0.2) is 48.0 Å². The van der Waals surface area contributed by atoms with E-state index in [1.807, 2.05) is 30.3 Å². The maximum Gasteiger partial charge on any atom is 0.303 e. The van der Waals surface area contributed by atoms with Crippen molar-refractivity contribution in [3.8, 4) is 0 Å². The second kappa shape index (κ2) is 12.3. The Hall–Kier alpha value is -3.10. The third-order valence-electron chi connectivity index (χ3n) is 3.72. The number of hydrogen-bond donors (Lipinski definition) is 6. The van der Waals surface area contributed by atoms with Crippen LogP contribution >= 0.6 is 0 Å². The molecular formula is C18H27N5O4. The Kier molecular flexibility index (Phi) is 9.98. The Balaban J connectivity index is 2.53. The van der Waals surface area contributed by atoms with Gasteiger partial charge in [-0.15, -0.1) is 0 Å². The van der Waals surface area contributed by atoms with Gasteiger partial charge in [0, 0.05) is 25.9 Å². The van der Waals surface area contributed by atoms with E-state index in [4.69, 9.17) is 16.2 Å². The molecule has 0 bridgehead atoms. The zero-order chi connectivity index (χ0) is 20.1. The maximum absolute atomic E-state index is 12.5.